The molecule has 0 aliphatic carbocycles. The van der Waals surface area contributed by atoms with Gasteiger partial charge in [0.2, 0.25) is 10.0 Å². The van der Waals surface area contributed by atoms with Gasteiger partial charge in [0.1, 0.15) is 11.3 Å². The number of phenols is 1. The first-order valence-corrected chi connectivity index (χ1v) is 10.5. The molecule has 0 fully saturated rings. The lowest BCUT2D eigenvalue weighted by Gasteiger charge is -2.20. The third kappa shape index (κ3) is 5.41. The number of nitrogens with zero attached hydrogens (tertiary/aromatic N) is 3. The Morgan fingerprint density at radius 3 is 2.04 bits per heavy atom. The average molecular weight is 446 g/mol. The summed E-state index contributed by atoms with van der Waals surface area (Å²) in [5.74, 6) is -1.37. The van der Waals surface area contributed by atoms with Gasteiger partial charge < -0.3 is 10.2 Å². The molecule has 0 heterocycles. The normalized spacial score (nSPS) is 12.0. The van der Waals surface area contributed by atoms with Gasteiger partial charge in [-0.05, 0) is 42.5 Å². The van der Waals surface area contributed by atoms with Crippen LogP contribution in [-0.4, -0.2) is 53.8 Å². The van der Waals surface area contributed by atoms with Crippen LogP contribution in [0.2, 0.25) is 0 Å². The van der Waals surface area contributed by atoms with Crippen LogP contribution in [0.3, 0.4) is 0 Å². The van der Waals surface area contributed by atoms with Gasteiger partial charge in [-0.2, -0.15) is 14.5 Å². The number of sulfonamides is 1. The van der Waals surface area contributed by atoms with Gasteiger partial charge in [-0.1, -0.05) is 0 Å². The van der Waals surface area contributed by atoms with E-state index < -0.39 is 16.0 Å². The van der Waals surface area contributed by atoms with Gasteiger partial charge in [-0.3, -0.25) is 0 Å². The predicted octanol–water partition coefficient (Wildman–Crippen LogP) is 3.97. The van der Waals surface area contributed by atoms with Crippen LogP contribution in [0.25, 0.3) is 0 Å². The van der Waals surface area contributed by atoms with E-state index in [1.807, 2.05) is 0 Å². The van der Waals surface area contributed by atoms with Crippen molar-refractivity contribution in [3.63, 3.8) is 0 Å². The SMILES string of the molecule is O=C(O)c1cc(N=Nc2ccc(S(=O)(=O)N(CCCl)CCCl)cc2)ccc1O. The Bertz CT molecular complexity index is 959. The van der Waals surface area contributed by atoms with Crippen molar-refractivity contribution in [2.75, 3.05) is 24.8 Å². The van der Waals surface area contributed by atoms with Crippen LogP contribution in [0.4, 0.5) is 11.4 Å². The number of hydrogen-bond donors (Lipinski definition) is 2. The minimum Gasteiger partial charge on any atom is -0.507 e. The van der Waals surface area contributed by atoms with Crippen molar-refractivity contribution in [2.45, 2.75) is 4.90 Å². The second-order valence-electron chi connectivity index (χ2n) is 5.48. The number of halogens is 2. The van der Waals surface area contributed by atoms with Gasteiger partial charge >= 0.3 is 5.97 Å². The third-order valence-corrected chi connectivity index (χ3v) is 5.88. The summed E-state index contributed by atoms with van der Waals surface area (Å²) < 4.78 is 26.4. The first-order valence-electron chi connectivity index (χ1n) is 7.99. The van der Waals surface area contributed by atoms with Crippen molar-refractivity contribution in [2.24, 2.45) is 10.2 Å². The number of carboxylic acids is 1. The number of carbonyl (C=O) groups is 1. The molecular formula is C17H17Cl2N3O5S. The maximum absolute atomic E-state index is 12.6. The molecule has 2 N–H and O–H groups in total. The number of benzene rings is 2. The Hall–Kier alpha value is -2.20. The highest BCUT2D eigenvalue weighted by atomic mass is 35.5. The summed E-state index contributed by atoms with van der Waals surface area (Å²) in [4.78, 5) is 11.1. The molecule has 2 rings (SSSR count). The van der Waals surface area contributed by atoms with E-state index in [1.165, 1.54) is 46.8 Å². The van der Waals surface area contributed by atoms with E-state index in [2.05, 4.69) is 10.2 Å². The zero-order chi connectivity index (χ0) is 20.7. The van der Waals surface area contributed by atoms with E-state index in [-0.39, 0.29) is 46.7 Å². The molecule has 0 unspecified atom stereocenters. The van der Waals surface area contributed by atoms with Crippen LogP contribution in [0, 0.1) is 0 Å². The number of carboxylic acid groups (broad SMARTS) is 1. The lowest BCUT2D eigenvalue weighted by atomic mass is 10.2. The van der Waals surface area contributed by atoms with Gasteiger partial charge in [0.15, 0.2) is 0 Å². The van der Waals surface area contributed by atoms with Crippen LogP contribution >= 0.6 is 23.2 Å². The third-order valence-electron chi connectivity index (χ3n) is 3.63. The minimum absolute atomic E-state index is 0.0690. The fourth-order valence-corrected chi connectivity index (χ4v) is 4.30. The quantitative estimate of drug-likeness (QED) is 0.446. The summed E-state index contributed by atoms with van der Waals surface area (Å²) in [7, 11) is -3.73. The van der Waals surface area contributed by atoms with E-state index in [0.29, 0.717) is 5.69 Å². The van der Waals surface area contributed by atoms with Crippen LogP contribution in [0.15, 0.2) is 57.6 Å². The van der Waals surface area contributed by atoms with Crippen LogP contribution in [0.5, 0.6) is 5.75 Å². The van der Waals surface area contributed by atoms with Crippen LogP contribution in [-0.2, 0) is 10.0 Å². The zero-order valence-corrected chi connectivity index (χ0v) is 16.8. The molecule has 2 aromatic rings. The molecule has 0 bridgehead atoms. The van der Waals surface area contributed by atoms with E-state index >= 15 is 0 Å². The number of rotatable bonds is 9. The largest absolute Gasteiger partial charge is 0.507 e. The molecule has 0 saturated carbocycles. The van der Waals surface area contributed by atoms with Crippen LogP contribution in [0.1, 0.15) is 10.4 Å². The molecule has 8 nitrogen and oxygen atoms in total. The molecule has 0 atom stereocenters. The molecule has 0 aliphatic heterocycles. The fourth-order valence-electron chi connectivity index (χ4n) is 2.25. The number of azo groups is 1. The predicted molar refractivity (Wildman–Crippen MR) is 106 cm³/mol. The Labute approximate surface area is 172 Å². The van der Waals surface area contributed by atoms with Crippen molar-refractivity contribution in [1.29, 1.82) is 0 Å². The molecule has 0 aliphatic rings. The molecule has 0 aromatic heterocycles. The van der Waals surface area contributed by atoms with Gasteiger partial charge in [-0.25, -0.2) is 13.2 Å². The molecule has 0 amide bonds. The van der Waals surface area contributed by atoms with Gasteiger partial charge in [0.05, 0.1) is 16.3 Å². The van der Waals surface area contributed by atoms with E-state index in [1.54, 1.807) is 0 Å². The average Bonchev–Trinajstić information content (AvgIpc) is 2.67. The molecular weight excluding hydrogens is 429 g/mol. The van der Waals surface area contributed by atoms with E-state index in [9.17, 15) is 18.3 Å². The summed E-state index contributed by atoms with van der Waals surface area (Å²) in [5, 5.41) is 26.3. The van der Waals surface area contributed by atoms with E-state index in [4.69, 9.17) is 28.3 Å². The van der Waals surface area contributed by atoms with Crippen molar-refractivity contribution in [3.05, 3.63) is 48.0 Å². The maximum Gasteiger partial charge on any atom is 0.339 e. The molecule has 11 heteroatoms. The smallest absolute Gasteiger partial charge is 0.339 e. The lowest BCUT2D eigenvalue weighted by molar-refractivity contribution is 0.0693. The molecule has 150 valence electrons. The summed E-state index contributed by atoms with van der Waals surface area (Å²) in [6.45, 7) is 0.287. The maximum atomic E-state index is 12.6. The van der Waals surface area contributed by atoms with Crippen LogP contribution < -0.4 is 0 Å². The molecule has 0 saturated heterocycles. The highest BCUT2D eigenvalue weighted by Gasteiger charge is 2.23. The fraction of sp³-hybridized carbons (Fsp3) is 0.235. The number of aromatic hydroxyl groups is 1. The highest BCUT2D eigenvalue weighted by Crippen LogP contribution is 2.26. The van der Waals surface area contributed by atoms with E-state index in [0.717, 1.165) is 0 Å². The standard InChI is InChI=1S/C17H17Cl2N3O5S/c18-7-9-22(10-8-19)28(26,27)14-4-1-12(2-5-14)20-21-13-3-6-16(23)15(11-13)17(24)25/h1-6,11,23H,7-10H2,(H,24,25). The second-order valence-corrected chi connectivity index (χ2v) is 8.18. The minimum atomic E-state index is -3.73. The summed E-state index contributed by atoms with van der Waals surface area (Å²) in [6.07, 6.45) is 0. The second kappa shape index (κ2) is 9.83. The Morgan fingerprint density at radius 1 is 0.964 bits per heavy atom. The molecule has 0 radical (unpaired) electrons. The van der Waals surface area contributed by atoms with Crippen molar-refractivity contribution < 1.29 is 23.4 Å². The zero-order valence-electron chi connectivity index (χ0n) is 14.5. The van der Waals surface area contributed by atoms with Crippen molar-refractivity contribution in [3.8, 4) is 5.75 Å². The topological polar surface area (TPSA) is 120 Å². The monoisotopic (exact) mass is 445 g/mol. The Balaban J connectivity index is 2.22. The number of alkyl halides is 2. The molecule has 28 heavy (non-hydrogen) atoms. The molecule has 0 spiro atoms. The lowest BCUT2D eigenvalue weighted by Crippen LogP contribution is -2.34. The number of hydrogen-bond acceptors (Lipinski definition) is 6. The molecule has 2 aromatic carbocycles. The summed E-state index contributed by atoms with van der Waals surface area (Å²) >= 11 is 11.3. The first kappa shape index (κ1) is 22.1. The van der Waals surface area contributed by atoms with Gasteiger partial charge in [-0.15, -0.1) is 23.2 Å². The Kier molecular flexibility index (Phi) is 7.76. The summed E-state index contributed by atoms with van der Waals surface area (Å²) in [5.41, 5.74) is 0.295. The van der Waals surface area contributed by atoms with Crippen molar-refractivity contribution >= 4 is 50.6 Å². The van der Waals surface area contributed by atoms with Crippen molar-refractivity contribution in [1.82, 2.24) is 4.31 Å². The first-order chi connectivity index (χ1) is 13.3. The van der Waals surface area contributed by atoms with Gasteiger partial charge in [0, 0.05) is 24.8 Å². The summed E-state index contributed by atoms with van der Waals surface area (Å²) in [6, 6.07) is 9.49. The number of aromatic carboxylic acids is 1. The highest BCUT2D eigenvalue weighted by molar-refractivity contribution is 7.89. The Morgan fingerprint density at radius 2 is 1.50 bits per heavy atom. The van der Waals surface area contributed by atoms with Gasteiger partial charge in [0.25, 0.3) is 0 Å².